The monoisotopic (exact) mass is 355 g/mol. The number of rotatable bonds is 5. The first-order valence-corrected chi connectivity index (χ1v) is 9.21. The molecule has 1 N–H and O–H groups in total. The Balaban J connectivity index is 1.49. The molecule has 0 unspecified atom stereocenters. The molecule has 2 amide bonds. The zero-order chi connectivity index (χ0) is 18.7. The minimum Gasteiger partial charge on any atom is -0.336 e. The van der Waals surface area contributed by atoms with Crippen LogP contribution in [-0.4, -0.2) is 58.8 Å². The SMILES string of the molecule is Cc1cc(C)n(CCNC(=O)N(C)C[C@H]2Cc3ccccc3CN2C)n1. The van der Waals surface area contributed by atoms with E-state index in [-0.39, 0.29) is 6.03 Å². The lowest BCUT2D eigenvalue weighted by atomic mass is 9.94. The number of nitrogens with one attached hydrogen (secondary N) is 1. The van der Waals surface area contributed by atoms with Crippen molar-refractivity contribution in [3.63, 3.8) is 0 Å². The molecule has 0 spiro atoms. The highest BCUT2D eigenvalue weighted by atomic mass is 16.2. The first kappa shape index (κ1) is 18.5. The lowest BCUT2D eigenvalue weighted by Crippen LogP contribution is -2.48. The summed E-state index contributed by atoms with van der Waals surface area (Å²) in [4.78, 5) is 16.5. The summed E-state index contributed by atoms with van der Waals surface area (Å²) in [5, 5.41) is 7.42. The summed E-state index contributed by atoms with van der Waals surface area (Å²) in [5.74, 6) is 0. The molecule has 1 aromatic carbocycles. The standard InChI is InChI=1S/C20H29N5O/c1-15-11-16(2)25(22-15)10-9-21-20(26)24(4)14-19-12-17-7-5-6-8-18(17)13-23(19)3/h5-8,11,19H,9-10,12-14H2,1-4H3,(H,21,26)/t19-/m1/s1. The molecule has 0 bridgehead atoms. The summed E-state index contributed by atoms with van der Waals surface area (Å²) < 4.78 is 1.93. The number of hydrogen-bond acceptors (Lipinski definition) is 3. The molecule has 1 atom stereocenters. The molecule has 0 radical (unpaired) electrons. The van der Waals surface area contributed by atoms with Crippen LogP contribution in [0.3, 0.4) is 0 Å². The van der Waals surface area contributed by atoms with E-state index in [9.17, 15) is 4.79 Å². The Morgan fingerprint density at radius 3 is 2.73 bits per heavy atom. The Bertz CT molecular complexity index is 769. The van der Waals surface area contributed by atoms with E-state index >= 15 is 0 Å². The zero-order valence-corrected chi connectivity index (χ0v) is 16.2. The molecule has 6 nitrogen and oxygen atoms in total. The molecule has 1 aliphatic heterocycles. The molecule has 140 valence electrons. The summed E-state index contributed by atoms with van der Waals surface area (Å²) in [7, 11) is 4.00. The van der Waals surface area contributed by atoms with Crippen molar-refractivity contribution in [2.75, 3.05) is 27.2 Å². The molecule has 1 aromatic heterocycles. The largest absolute Gasteiger partial charge is 0.336 e. The van der Waals surface area contributed by atoms with Gasteiger partial charge in [0.15, 0.2) is 0 Å². The topological polar surface area (TPSA) is 53.4 Å². The molecule has 0 fully saturated rings. The fourth-order valence-electron chi connectivity index (χ4n) is 3.63. The number of aromatic nitrogens is 2. The van der Waals surface area contributed by atoms with Crippen LogP contribution in [0.25, 0.3) is 0 Å². The van der Waals surface area contributed by atoms with E-state index in [1.807, 2.05) is 31.6 Å². The molecule has 2 aromatic rings. The number of likely N-dealkylation sites (N-methyl/N-ethyl adjacent to an activating group) is 2. The number of urea groups is 1. The molecule has 26 heavy (non-hydrogen) atoms. The number of carbonyl (C=O) groups excluding carboxylic acids is 1. The van der Waals surface area contributed by atoms with E-state index in [0.717, 1.165) is 30.9 Å². The molecule has 3 rings (SSSR count). The van der Waals surface area contributed by atoms with Crippen molar-refractivity contribution in [3.8, 4) is 0 Å². The van der Waals surface area contributed by atoms with E-state index in [1.54, 1.807) is 4.90 Å². The lowest BCUT2D eigenvalue weighted by molar-refractivity contribution is 0.159. The van der Waals surface area contributed by atoms with E-state index in [4.69, 9.17) is 0 Å². The van der Waals surface area contributed by atoms with E-state index in [0.29, 0.717) is 19.1 Å². The van der Waals surface area contributed by atoms with Crippen molar-refractivity contribution in [1.82, 2.24) is 24.9 Å². The highest BCUT2D eigenvalue weighted by Gasteiger charge is 2.25. The van der Waals surface area contributed by atoms with Crippen LogP contribution in [0.4, 0.5) is 4.79 Å². The molecular weight excluding hydrogens is 326 g/mol. The van der Waals surface area contributed by atoms with Crippen LogP contribution in [0, 0.1) is 13.8 Å². The van der Waals surface area contributed by atoms with Crippen molar-refractivity contribution in [2.45, 2.75) is 39.4 Å². The van der Waals surface area contributed by atoms with E-state index in [2.05, 4.69) is 46.6 Å². The molecule has 0 saturated carbocycles. The van der Waals surface area contributed by atoms with Crippen molar-refractivity contribution in [3.05, 3.63) is 52.8 Å². The Morgan fingerprint density at radius 1 is 1.31 bits per heavy atom. The first-order chi connectivity index (χ1) is 12.4. The van der Waals surface area contributed by atoms with E-state index < -0.39 is 0 Å². The third kappa shape index (κ3) is 4.25. The molecule has 0 saturated heterocycles. The molecule has 0 aliphatic carbocycles. The maximum Gasteiger partial charge on any atom is 0.317 e. The van der Waals surface area contributed by atoms with Crippen LogP contribution in [0.1, 0.15) is 22.5 Å². The number of carbonyl (C=O) groups is 1. The summed E-state index contributed by atoms with van der Waals surface area (Å²) in [6, 6.07) is 10.9. The average molecular weight is 355 g/mol. The minimum atomic E-state index is -0.0289. The summed E-state index contributed by atoms with van der Waals surface area (Å²) in [5.41, 5.74) is 4.91. The lowest BCUT2D eigenvalue weighted by Gasteiger charge is -2.36. The number of amides is 2. The number of nitrogens with zero attached hydrogens (tertiary/aromatic N) is 4. The van der Waals surface area contributed by atoms with Gasteiger partial charge in [-0.1, -0.05) is 24.3 Å². The summed E-state index contributed by atoms with van der Waals surface area (Å²) in [6.07, 6.45) is 0.982. The third-order valence-corrected chi connectivity index (χ3v) is 5.15. The quantitative estimate of drug-likeness (QED) is 0.895. The number of aryl methyl sites for hydroxylation is 2. The normalized spacial score (nSPS) is 17.0. The van der Waals surface area contributed by atoms with Gasteiger partial charge in [0.25, 0.3) is 0 Å². The fourth-order valence-corrected chi connectivity index (χ4v) is 3.63. The van der Waals surface area contributed by atoms with Crippen molar-refractivity contribution in [2.24, 2.45) is 0 Å². The maximum absolute atomic E-state index is 12.4. The van der Waals surface area contributed by atoms with Gasteiger partial charge in [-0.25, -0.2) is 4.79 Å². The van der Waals surface area contributed by atoms with Gasteiger partial charge in [0, 0.05) is 38.4 Å². The van der Waals surface area contributed by atoms with Gasteiger partial charge in [-0.15, -0.1) is 0 Å². The second-order valence-electron chi connectivity index (χ2n) is 7.30. The minimum absolute atomic E-state index is 0.0289. The fraction of sp³-hybridized carbons (Fsp3) is 0.500. The van der Waals surface area contributed by atoms with Crippen LogP contribution in [-0.2, 0) is 19.5 Å². The number of benzene rings is 1. The predicted molar refractivity (Wildman–Crippen MR) is 103 cm³/mol. The molecule has 6 heteroatoms. The Labute approximate surface area is 155 Å². The Kier molecular flexibility index (Phi) is 5.61. The van der Waals surface area contributed by atoms with Crippen molar-refractivity contribution >= 4 is 6.03 Å². The van der Waals surface area contributed by atoms with Crippen molar-refractivity contribution in [1.29, 1.82) is 0 Å². The molecule has 2 heterocycles. The van der Waals surface area contributed by atoms with Crippen LogP contribution < -0.4 is 5.32 Å². The van der Waals surface area contributed by atoms with Crippen molar-refractivity contribution < 1.29 is 4.79 Å². The summed E-state index contributed by atoms with van der Waals surface area (Å²) >= 11 is 0. The van der Waals surface area contributed by atoms with E-state index in [1.165, 1.54) is 11.1 Å². The predicted octanol–water partition coefficient (Wildman–Crippen LogP) is 2.20. The highest BCUT2D eigenvalue weighted by Crippen LogP contribution is 2.22. The van der Waals surface area contributed by atoms with Crippen LogP contribution in [0.2, 0.25) is 0 Å². The first-order valence-electron chi connectivity index (χ1n) is 9.21. The van der Waals surface area contributed by atoms with Gasteiger partial charge < -0.3 is 10.2 Å². The molecular formula is C20H29N5O. The van der Waals surface area contributed by atoms with Gasteiger partial charge in [0.05, 0.1) is 12.2 Å². The number of hydrogen-bond donors (Lipinski definition) is 1. The highest BCUT2D eigenvalue weighted by molar-refractivity contribution is 5.73. The van der Waals surface area contributed by atoms with Gasteiger partial charge in [-0.3, -0.25) is 9.58 Å². The Morgan fingerprint density at radius 2 is 2.04 bits per heavy atom. The van der Waals surface area contributed by atoms with Gasteiger partial charge in [-0.2, -0.15) is 5.10 Å². The van der Waals surface area contributed by atoms with Gasteiger partial charge in [0.2, 0.25) is 0 Å². The van der Waals surface area contributed by atoms with Gasteiger partial charge in [-0.05, 0) is 44.5 Å². The maximum atomic E-state index is 12.4. The second-order valence-corrected chi connectivity index (χ2v) is 7.30. The van der Waals surface area contributed by atoms with Crippen LogP contribution in [0.15, 0.2) is 30.3 Å². The summed E-state index contributed by atoms with van der Waals surface area (Å²) in [6.45, 7) is 6.94. The van der Waals surface area contributed by atoms with Gasteiger partial charge in [0.1, 0.15) is 0 Å². The zero-order valence-electron chi connectivity index (χ0n) is 16.2. The second kappa shape index (κ2) is 7.91. The smallest absolute Gasteiger partial charge is 0.317 e. The average Bonchev–Trinajstić information content (AvgIpc) is 2.92. The molecule has 1 aliphatic rings. The third-order valence-electron chi connectivity index (χ3n) is 5.15. The van der Waals surface area contributed by atoms with Crippen LogP contribution >= 0.6 is 0 Å². The number of fused-ring (bicyclic) bond motifs is 1. The van der Waals surface area contributed by atoms with Crippen LogP contribution in [0.5, 0.6) is 0 Å². The van der Waals surface area contributed by atoms with Gasteiger partial charge >= 0.3 is 6.03 Å². The Hall–Kier alpha value is -2.34.